The molecule has 0 aliphatic carbocycles. The van der Waals surface area contributed by atoms with E-state index in [9.17, 15) is 4.57 Å². The van der Waals surface area contributed by atoms with E-state index in [1.54, 1.807) is 18.2 Å². The Bertz CT molecular complexity index is 306. The number of nitrogens with zero attached hydrogens (tertiary/aromatic N) is 1. The van der Waals surface area contributed by atoms with Crippen LogP contribution < -0.4 is 4.52 Å². The molecule has 0 unspecified atom stereocenters. The van der Waals surface area contributed by atoms with Gasteiger partial charge in [-0.2, -0.15) is 0 Å². The third kappa shape index (κ3) is 11.1. The Morgan fingerprint density at radius 3 is 1.87 bits per heavy atom. The lowest BCUT2D eigenvalue weighted by Crippen LogP contribution is -1.99. The number of benzene rings is 1. The zero-order valence-corrected chi connectivity index (χ0v) is 9.89. The first-order valence-corrected chi connectivity index (χ1v) is 5.75. The molecule has 0 fully saturated rings. The van der Waals surface area contributed by atoms with Crippen molar-refractivity contribution in [3.8, 4) is 5.75 Å². The largest absolute Gasteiger partial charge is 0.524 e. The Hall–Kier alpha value is -0.870. The fourth-order valence-corrected chi connectivity index (χ4v) is 1.02. The van der Waals surface area contributed by atoms with Crippen molar-refractivity contribution in [2.75, 3.05) is 21.1 Å². The van der Waals surface area contributed by atoms with E-state index in [2.05, 4.69) is 4.52 Å². The van der Waals surface area contributed by atoms with E-state index in [-0.39, 0.29) is 5.75 Å². The minimum atomic E-state index is -4.39. The summed E-state index contributed by atoms with van der Waals surface area (Å²) < 4.78 is 14.5. The van der Waals surface area contributed by atoms with Crippen molar-refractivity contribution in [1.29, 1.82) is 0 Å². The first-order valence-electron chi connectivity index (χ1n) is 4.22. The molecule has 0 saturated heterocycles. The number of hydrogen-bond donors (Lipinski definition) is 2. The monoisotopic (exact) mass is 233 g/mol. The van der Waals surface area contributed by atoms with Crippen molar-refractivity contribution in [2.45, 2.75) is 0 Å². The molecule has 1 rings (SSSR count). The smallest absolute Gasteiger partial charge is 0.404 e. The van der Waals surface area contributed by atoms with Crippen LogP contribution in [0.25, 0.3) is 0 Å². The lowest BCUT2D eigenvalue weighted by Gasteiger charge is -2.04. The second-order valence-corrected chi connectivity index (χ2v) is 4.40. The third-order valence-electron chi connectivity index (χ3n) is 0.968. The number of phosphoric acid groups is 1. The van der Waals surface area contributed by atoms with Crippen molar-refractivity contribution < 1.29 is 18.9 Å². The molecule has 0 saturated carbocycles. The summed E-state index contributed by atoms with van der Waals surface area (Å²) in [5, 5.41) is 0. The molecule has 0 aliphatic heterocycles. The summed E-state index contributed by atoms with van der Waals surface area (Å²) in [5.74, 6) is 0.167. The standard InChI is InChI=1S/C6H7O4P.C3H9N/c7-11(8,9)10-6-4-2-1-3-5-6;1-4(2)3/h1-5H,(H2,7,8,9);1-3H3. The molecule has 86 valence electrons. The molecule has 6 heteroatoms. The van der Waals surface area contributed by atoms with E-state index in [1.807, 2.05) is 26.0 Å². The lowest BCUT2D eigenvalue weighted by molar-refractivity contribution is 0.283. The van der Waals surface area contributed by atoms with Crippen molar-refractivity contribution >= 4 is 7.82 Å². The van der Waals surface area contributed by atoms with E-state index in [4.69, 9.17) is 9.79 Å². The van der Waals surface area contributed by atoms with Crippen LogP contribution in [-0.2, 0) is 4.57 Å². The van der Waals surface area contributed by atoms with Gasteiger partial charge in [0.25, 0.3) is 0 Å². The molecule has 5 nitrogen and oxygen atoms in total. The van der Waals surface area contributed by atoms with Gasteiger partial charge in [-0.25, -0.2) is 4.57 Å². The van der Waals surface area contributed by atoms with E-state index >= 15 is 0 Å². The predicted octanol–water partition coefficient (Wildman–Crippen LogP) is 1.34. The van der Waals surface area contributed by atoms with Crippen LogP contribution in [0.3, 0.4) is 0 Å². The second-order valence-electron chi connectivity index (χ2n) is 3.24. The molecule has 0 heterocycles. The van der Waals surface area contributed by atoms with Gasteiger partial charge in [0, 0.05) is 0 Å². The van der Waals surface area contributed by atoms with Crippen molar-refractivity contribution in [3.05, 3.63) is 30.3 Å². The summed E-state index contributed by atoms with van der Waals surface area (Å²) in [6, 6.07) is 7.93. The molecule has 1 aromatic carbocycles. The molecule has 15 heavy (non-hydrogen) atoms. The molecule has 0 amide bonds. The lowest BCUT2D eigenvalue weighted by atomic mass is 10.3. The zero-order valence-electron chi connectivity index (χ0n) is 8.99. The quantitative estimate of drug-likeness (QED) is 0.754. The van der Waals surface area contributed by atoms with Crippen molar-refractivity contribution in [1.82, 2.24) is 4.90 Å². The van der Waals surface area contributed by atoms with Gasteiger partial charge in [-0.05, 0) is 33.3 Å². The Kier molecular flexibility index (Phi) is 6.20. The minimum Gasteiger partial charge on any atom is -0.404 e. The highest BCUT2D eigenvalue weighted by Gasteiger charge is 2.14. The van der Waals surface area contributed by atoms with Crippen LogP contribution in [-0.4, -0.2) is 35.8 Å². The van der Waals surface area contributed by atoms with Gasteiger partial charge in [-0.15, -0.1) is 0 Å². The summed E-state index contributed by atoms with van der Waals surface area (Å²) >= 11 is 0. The second kappa shape index (κ2) is 6.58. The van der Waals surface area contributed by atoms with E-state index in [1.165, 1.54) is 12.1 Å². The van der Waals surface area contributed by atoms with Crippen molar-refractivity contribution in [3.63, 3.8) is 0 Å². The van der Waals surface area contributed by atoms with Crippen LogP contribution in [0.1, 0.15) is 0 Å². The third-order valence-corrected chi connectivity index (χ3v) is 1.42. The highest BCUT2D eigenvalue weighted by Crippen LogP contribution is 2.36. The predicted molar refractivity (Wildman–Crippen MR) is 58.7 cm³/mol. The topological polar surface area (TPSA) is 70.0 Å². The molecule has 0 aliphatic rings. The van der Waals surface area contributed by atoms with Crippen LogP contribution >= 0.6 is 7.82 Å². The van der Waals surface area contributed by atoms with Gasteiger partial charge >= 0.3 is 7.82 Å². The first kappa shape index (κ1) is 14.1. The molecule has 0 aromatic heterocycles. The van der Waals surface area contributed by atoms with Gasteiger partial charge in [0.2, 0.25) is 0 Å². The maximum atomic E-state index is 10.3. The molecule has 0 radical (unpaired) electrons. The van der Waals surface area contributed by atoms with Gasteiger partial charge in [-0.3, -0.25) is 9.79 Å². The van der Waals surface area contributed by atoms with E-state index in [0.717, 1.165) is 0 Å². The zero-order chi connectivity index (χ0) is 11.9. The Morgan fingerprint density at radius 1 is 1.13 bits per heavy atom. The highest BCUT2D eigenvalue weighted by molar-refractivity contribution is 7.46. The van der Waals surface area contributed by atoms with Crippen LogP contribution in [0, 0.1) is 0 Å². The van der Waals surface area contributed by atoms with E-state index < -0.39 is 7.82 Å². The number of phosphoric ester groups is 1. The molecule has 2 N–H and O–H groups in total. The average Bonchev–Trinajstić information content (AvgIpc) is 2.01. The Labute approximate surface area is 89.5 Å². The van der Waals surface area contributed by atoms with Crippen molar-refractivity contribution in [2.24, 2.45) is 0 Å². The normalized spacial score (nSPS) is 10.5. The Balaban J connectivity index is 0.000000423. The number of hydrogen-bond acceptors (Lipinski definition) is 3. The Morgan fingerprint density at radius 2 is 1.53 bits per heavy atom. The molecule has 0 spiro atoms. The summed E-state index contributed by atoms with van der Waals surface area (Å²) in [6.45, 7) is 0. The fraction of sp³-hybridized carbons (Fsp3) is 0.333. The minimum absolute atomic E-state index is 0.167. The summed E-state index contributed by atoms with van der Waals surface area (Å²) in [6.07, 6.45) is 0. The number of rotatable bonds is 2. The van der Waals surface area contributed by atoms with Crippen LogP contribution in [0.2, 0.25) is 0 Å². The first-order chi connectivity index (χ1) is 6.81. The molecule has 1 aromatic rings. The molecule has 0 bridgehead atoms. The van der Waals surface area contributed by atoms with Gasteiger partial charge < -0.3 is 9.42 Å². The molecular weight excluding hydrogens is 217 g/mol. The number of para-hydroxylation sites is 1. The SMILES string of the molecule is CN(C)C.O=P(O)(O)Oc1ccccc1. The summed E-state index contributed by atoms with van der Waals surface area (Å²) in [4.78, 5) is 18.7. The molecular formula is C9H16NO4P. The molecule has 0 atom stereocenters. The average molecular weight is 233 g/mol. The van der Waals surface area contributed by atoms with Gasteiger partial charge in [0.05, 0.1) is 0 Å². The van der Waals surface area contributed by atoms with E-state index in [0.29, 0.717) is 0 Å². The maximum Gasteiger partial charge on any atom is 0.524 e. The van der Waals surface area contributed by atoms with Gasteiger partial charge in [0.15, 0.2) is 0 Å². The maximum absolute atomic E-state index is 10.3. The van der Waals surface area contributed by atoms with Crippen LogP contribution in [0.15, 0.2) is 30.3 Å². The highest BCUT2D eigenvalue weighted by atomic mass is 31.2. The summed E-state index contributed by atoms with van der Waals surface area (Å²) in [5.41, 5.74) is 0. The van der Waals surface area contributed by atoms with Gasteiger partial charge in [-0.1, -0.05) is 18.2 Å². The fourth-order valence-electron chi connectivity index (χ4n) is 0.619. The van der Waals surface area contributed by atoms with Crippen LogP contribution in [0.5, 0.6) is 5.75 Å². The summed E-state index contributed by atoms with van der Waals surface area (Å²) in [7, 11) is 1.61. The van der Waals surface area contributed by atoms with Crippen LogP contribution in [0.4, 0.5) is 0 Å². The van der Waals surface area contributed by atoms with Gasteiger partial charge in [0.1, 0.15) is 5.75 Å².